The molecule has 1 rings (SSSR count). The lowest BCUT2D eigenvalue weighted by Crippen LogP contribution is -2.10. The van der Waals surface area contributed by atoms with Gasteiger partial charge in [-0.3, -0.25) is 4.31 Å². The van der Waals surface area contributed by atoms with Crippen molar-refractivity contribution in [3.63, 3.8) is 0 Å². The Hall–Kier alpha value is -0.390. The van der Waals surface area contributed by atoms with Gasteiger partial charge in [0.1, 0.15) is 0 Å². The highest BCUT2D eigenvalue weighted by atomic mass is 35.5. The molecule has 1 aromatic rings. The van der Waals surface area contributed by atoms with E-state index in [0.29, 0.717) is 5.02 Å². The number of hydrogen-bond acceptors (Lipinski definition) is 3. The minimum Gasteiger partial charge on any atom is -0.251 e. The predicted octanol–water partition coefficient (Wildman–Crippen LogP) is 4.02. The lowest BCUT2D eigenvalue weighted by atomic mass is 10.4. The Morgan fingerprint density at radius 2 is 2.00 bits per heavy atom. The van der Waals surface area contributed by atoms with Crippen LogP contribution in [-0.2, 0) is 0 Å². The third-order valence-corrected chi connectivity index (χ3v) is 3.94. The second-order valence-electron chi connectivity index (χ2n) is 2.36. The molecular weight excluding hydrogens is 245 g/mol. The lowest BCUT2D eigenvalue weighted by Gasteiger charge is -2.08. The van der Waals surface area contributed by atoms with E-state index in [-0.39, 0.29) is 0 Å². The Morgan fingerprint density at radius 1 is 1.43 bits per heavy atom. The summed E-state index contributed by atoms with van der Waals surface area (Å²) in [5.41, 5.74) is 0. The summed E-state index contributed by atoms with van der Waals surface area (Å²) in [5, 5.41) is 0.647. The quantitative estimate of drug-likeness (QED) is 0.350. The number of rotatable bonds is 3. The van der Waals surface area contributed by atoms with E-state index in [9.17, 15) is 9.18 Å². The number of carbonyl (C=O) groups excluding carboxylic acids is 1. The van der Waals surface area contributed by atoms with Gasteiger partial charge in [0.05, 0.1) is 0 Å². The minimum absolute atomic E-state index is 0.647. The average Bonchev–Trinajstić information content (AvgIpc) is 2.16. The van der Waals surface area contributed by atoms with Gasteiger partial charge in [0.2, 0.25) is 0 Å². The monoisotopic (exact) mass is 251 g/mol. The maximum atomic E-state index is 12.1. The largest absolute Gasteiger partial charge is 0.410 e. The molecule has 0 N–H and O–H groups in total. The molecule has 0 radical (unpaired) electrons. The molecule has 1 amide bonds. The van der Waals surface area contributed by atoms with E-state index in [0.717, 1.165) is 20.2 Å². The molecule has 1 aromatic carbocycles. The van der Waals surface area contributed by atoms with Crippen LogP contribution >= 0.6 is 33.4 Å². The summed E-state index contributed by atoms with van der Waals surface area (Å²) in [6.45, 7) is 0. The summed E-state index contributed by atoms with van der Waals surface area (Å²) in [4.78, 5) is 11.1. The molecule has 0 bridgehead atoms. The van der Waals surface area contributed by atoms with Crippen LogP contribution in [0.4, 0.5) is 9.18 Å². The van der Waals surface area contributed by atoms with Crippen LogP contribution in [0, 0.1) is 0 Å². The molecule has 0 aliphatic rings. The highest BCUT2D eigenvalue weighted by molar-refractivity contribution is 8.75. The maximum Gasteiger partial charge on any atom is 0.410 e. The molecular formula is C8H7ClFNOS2. The smallest absolute Gasteiger partial charge is 0.251 e. The van der Waals surface area contributed by atoms with Gasteiger partial charge in [-0.1, -0.05) is 11.6 Å². The predicted molar refractivity (Wildman–Crippen MR) is 59.2 cm³/mol. The Morgan fingerprint density at radius 3 is 2.50 bits per heavy atom. The topological polar surface area (TPSA) is 20.3 Å². The molecule has 0 saturated carbocycles. The third kappa shape index (κ3) is 3.77. The van der Waals surface area contributed by atoms with Crippen LogP contribution in [0.15, 0.2) is 29.2 Å². The van der Waals surface area contributed by atoms with Crippen molar-refractivity contribution >= 4 is 39.5 Å². The minimum atomic E-state index is -1.46. The molecule has 14 heavy (non-hydrogen) atoms. The van der Waals surface area contributed by atoms with Crippen molar-refractivity contribution in [1.82, 2.24) is 4.31 Å². The molecule has 0 saturated heterocycles. The van der Waals surface area contributed by atoms with Gasteiger partial charge in [0.25, 0.3) is 0 Å². The first-order chi connectivity index (χ1) is 6.59. The van der Waals surface area contributed by atoms with Crippen LogP contribution in [-0.4, -0.2) is 17.5 Å². The van der Waals surface area contributed by atoms with Crippen molar-refractivity contribution < 1.29 is 9.18 Å². The number of carbonyl (C=O) groups is 1. The molecule has 76 valence electrons. The molecule has 0 atom stereocenters. The van der Waals surface area contributed by atoms with Gasteiger partial charge in [0.15, 0.2) is 0 Å². The Labute approximate surface area is 94.3 Å². The van der Waals surface area contributed by atoms with E-state index < -0.39 is 6.16 Å². The molecule has 0 aliphatic heterocycles. The summed E-state index contributed by atoms with van der Waals surface area (Å²) < 4.78 is 13.0. The van der Waals surface area contributed by atoms with Gasteiger partial charge < -0.3 is 0 Å². The number of amides is 1. The van der Waals surface area contributed by atoms with E-state index in [4.69, 9.17) is 11.6 Å². The standard InChI is InChI=1S/C8H7ClFNOS2/c1-11(8(10)12)14-13-7-4-2-6(9)3-5-7/h2-5H,1H3. The Balaban J connectivity index is 2.46. The second kappa shape index (κ2) is 5.48. The SMILES string of the molecule is CN(SSc1ccc(Cl)cc1)C(=O)F. The van der Waals surface area contributed by atoms with Crippen molar-refractivity contribution in [3.05, 3.63) is 29.3 Å². The zero-order chi connectivity index (χ0) is 10.6. The summed E-state index contributed by atoms with van der Waals surface area (Å²) in [7, 11) is 3.69. The zero-order valence-electron chi connectivity index (χ0n) is 7.24. The van der Waals surface area contributed by atoms with Crippen LogP contribution in [0.25, 0.3) is 0 Å². The number of hydrogen-bond donors (Lipinski definition) is 0. The normalized spacial score (nSPS) is 9.93. The molecule has 0 aromatic heterocycles. The molecule has 0 fully saturated rings. The highest BCUT2D eigenvalue weighted by Crippen LogP contribution is 2.33. The van der Waals surface area contributed by atoms with E-state index in [1.54, 1.807) is 24.3 Å². The fourth-order valence-corrected chi connectivity index (χ4v) is 2.35. The first kappa shape index (κ1) is 11.7. The first-order valence-electron chi connectivity index (χ1n) is 3.63. The van der Waals surface area contributed by atoms with E-state index >= 15 is 0 Å². The molecule has 0 heterocycles. The lowest BCUT2D eigenvalue weighted by molar-refractivity contribution is 0.210. The Bertz CT molecular complexity index is 320. The average molecular weight is 252 g/mol. The molecule has 6 heteroatoms. The van der Waals surface area contributed by atoms with Crippen molar-refractivity contribution in [3.8, 4) is 0 Å². The Kier molecular flexibility index (Phi) is 4.57. The van der Waals surface area contributed by atoms with Gasteiger partial charge in [-0.15, -0.1) is 4.39 Å². The summed E-state index contributed by atoms with van der Waals surface area (Å²) in [6, 6.07) is 7.08. The van der Waals surface area contributed by atoms with Crippen LogP contribution in [0.2, 0.25) is 5.02 Å². The first-order valence-corrected chi connectivity index (χ1v) is 6.11. The fourth-order valence-electron chi connectivity index (χ4n) is 0.618. The molecule has 0 unspecified atom stereocenters. The van der Waals surface area contributed by atoms with Gasteiger partial charge in [-0.05, 0) is 35.1 Å². The van der Waals surface area contributed by atoms with E-state index in [2.05, 4.69) is 0 Å². The molecule has 0 spiro atoms. The summed E-state index contributed by atoms with van der Waals surface area (Å²) >= 11 is 5.68. The molecule has 0 aliphatic carbocycles. The zero-order valence-corrected chi connectivity index (χ0v) is 9.63. The van der Waals surface area contributed by atoms with Gasteiger partial charge in [0, 0.05) is 27.9 Å². The second-order valence-corrected chi connectivity index (χ2v) is 5.08. The maximum absolute atomic E-state index is 12.1. The summed E-state index contributed by atoms with van der Waals surface area (Å²) in [5.74, 6) is 0. The van der Waals surface area contributed by atoms with E-state index in [1.165, 1.54) is 17.8 Å². The highest BCUT2D eigenvalue weighted by Gasteiger charge is 2.07. The van der Waals surface area contributed by atoms with Crippen LogP contribution in [0.5, 0.6) is 0 Å². The van der Waals surface area contributed by atoms with Gasteiger partial charge in [-0.25, -0.2) is 4.79 Å². The van der Waals surface area contributed by atoms with E-state index in [1.807, 2.05) is 0 Å². The third-order valence-electron chi connectivity index (χ3n) is 1.31. The number of nitrogens with zero attached hydrogens (tertiary/aromatic N) is 1. The van der Waals surface area contributed by atoms with Crippen molar-refractivity contribution in [1.29, 1.82) is 0 Å². The molecule has 2 nitrogen and oxygen atoms in total. The van der Waals surface area contributed by atoms with Crippen LogP contribution < -0.4 is 0 Å². The van der Waals surface area contributed by atoms with Gasteiger partial charge in [-0.2, -0.15) is 0 Å². The van der Waals surface area contributed by atoms with Crippen LogP contribution in [0.1, 0.15) is 0 Å². The summed E-state index contributed by atoms with van der Waals surface area (Å²) in [6.07, 6.45) is -1.46. The van der Waals surface area contributed by atoms with Crippen molar-refractivity contribution in [2.24, 2.45) is 0 Å². The number of benzene rings is 1. The van der Waals surface area contributed by atoms with Gasteiger partial charge >= 0.3 is 6.16 Å². The fraction of sp³-hybridized carbons (Fsp3) is 0.125. The van der Waals surface area contributed by atoms with Crippen molar-refractivity contribution in [2.45, 2.75) is 4.90 Å². The van der Waals surface area contributed by atoms with Crippen LogP contribution in [0.3, 0.4) is 0 Å². The van der Waals surface area contributed by atoms with Crippen molar-refractivity contribution in [2.75, 3.05) is 7.05 Å². The number of halogens is 2.